The summed E-state index contributed by atoms with van der Waals surface area (Å²) in [6.45, 7) is 1.70. The monoisotopic (exact) mass is 298 g/mol. The van der Waals surface area contributed by atoms with E-state index in [2.05, 4.69) is 34.1 Å². The lowest BCUT2D eigenvalue weighted by Gasteiger charge is -2.30. The zero-order valence-corrected chi connectivity index (χ0v) is 12.7. The Morgan fingerprint density at radius 3 is 2.64 bits per heavy atom. The summed E-state index contributed by atoms with van der Waals surface area (Å²) in [5, 5.41) is 0. The lowest BCUT2D eigenvalue weighted by molar-refractivity contribution is 0.0596. The Kier molecular flexibility index (Phi) is 3.96. The molecule has 1 aliphatic heterocycles. The van der Waals surface area contributed by atoms with E-state index in [1.165, 1.54) is 25.3 Å². The van der Waals surface area contributed by atoms with Crippen molar-refractivity contribution >= 4 is 11.8 Å². The largest absolute Gasteiger partial charge is 0.480 e. The average Bonchev–Trinajstić information content (AvgIpc) is 2.60. The number of benzene rings is 1. The Balaban J connectivity index is 1.89. The first-order chi connectivity index (χ1) is 10.7. The molecule has 5 nitrogen and oxygen atoms in total. The number of nitrogens with zero attached hydrogens (tertiary/aromatic N) is 2. The van der Waals surface area contributed by atoms with Crippen LogP contribution in [0.1, 0.15) is 21.5 Å². The second-order valence-electron chi connectivity index (χ2n) is 5.16. The van der Waals surface area contributed by atoms with Crippen LogP contribution >= 0.6 is 0 Å². The summed E-state index contributed by atoms with van der Waals surface area (Å²) >= 11 is 0. The molecule has 2 heterocycles. The minimum atomic E-state index is -0.445. The molecule has 22 heavy (non-hydrogen) atoms. The highest BCUT2D eigenvalue weighted by Gasteiger charge is 2.20. The fourth-order valence-electron chi connectivity index (χ4n) is 2.72. The van der Waals surface area contributed by atoms with Crippen molar-refractivity contribution in [3.8, 4) is 5.88 Å². The van der Waals surface area contributed by atoms with Gasteiger partial charge in [-0.1, -0.05) is 24.3 Å². The highest BCUT2D eigenvalue weighted by atomic mass is 16.5. The first-order valence-electron chi connectivity index (χ1n) is 7.18. The Hall–Kier alpha value is -2.56. The fraction of sp³-hybridized carbons (Fsp3) is 0.294. The Morgan fingerprint density at radius 1 is 1.14 bits per heavy atom. The summed E-state index contributed by atoms with van der Waals surface area (Å²) in [5.41, 5.74) is 3.04. The summed E-state index contributed by atoms with van der Waals surface area (Å²) in [7, 11) is 2.85. The van der Waals surface area contributed by atoms with Crippen molar-refractivity contribution in [3.63, 3.8) is 0 Å². The number of carbonyl (C=O) groups excluding carboxylic acids is 1. The second-order valence-corrected chi connectivity index (χ2v) is 5.16. The summed E-state index contributed by atoms with van der Waals surface area (Å²) in [4.78, 5) is 18.3. The van der Waals surface area contributed by atoms with Crippen LogP contribution in [0.3, 0.4) is 0 Å². The highest BCUT2D eigenvalue weighted by molar-refractivity contribution is 5.92. The molecule has 114 valence electrons. The maximum Gasteiger partial charge on any atom is 0.343 e. The van der Waals surface area contributed by atoms with Crippen LogP contribution in [0.2, 0.25) is 0 Å². The number of rotatable bonds is 3. The molecular formula is C17H18N2O3. The van der Waals surface area contributed by atoms with Crippen LogP contribution < -0.4 is 9.64 Å². The molecule has 1 aromatic heterocycles. The lowest BCUT2D eigenvalue weighted by Crippen LogP contribution is -2.31. The molecular weight excluding hydrogens is 280 g/mol. The van der Waals surface area contributed by atoms with E-state index >= 15 is 0 Å². The quantitative estimate of drug-likeness (QED) is 0.815. The van der Waals surface area contributed by atoms with Crippen molar-refractivity contribution in [3.05, 3.63) is 53.1 Å². The minimum Gasteiger partial charge on any atom is -0.480 e. The topological polar surface area (TPSA) is 51.7 Å². The zero-order chi connectivity index (χ0) is 15.5. The summed E-state index contributed by atoms with van der Waals surface area (Å²) in [6.07, 6.45) is 0.985. The van der Waals surface area contributed by atoms with E-state index in [1.807, 2.05) is 6.07 Å². The van der Waals surface area contributed by atoms with Gasteiger partial charge in [0.25, 0.3) is 0 Å². The van der Waals surface area contributed by atoms with Gasteiger partial charge in [0, 0.05) is 13.1 Å². The first-order valence-corrected chi connectivity index (χ1v) is 7.18. The normalized spacial score (nSPS) is 13.5. The molecule has 0 saturated heterocycles. The number of esters is 1. The average molecular weight is 298 g/mol. The third-order valence-corrected chi connectivity index (χ3v) is 3.90. The van der Waals surface area contributed by atoms with Gasteiger partial charge in [-0.05, 0) is 29.7 Å². The van der Waals surface area contributed by atoms with E-state index in [0.29, 0.717) is 11.4 Å². The number of anilines is 1. The molecule has 0 N–H and O–H groups in total. The number of carbonyl (C=O) groups is 1. The number of hydrogen-bond acceptors (Lipinski definition) is 5. The van der Waals surface area contributed by atoms with Crippen LogP contribution in [0.5, 0.6) is 5.88 Å². The maximum absolute atomic E-state index is 11.7. The van der Waals surface area contributed by atoms with Crippen LogP contribution in [0.25, 0.3) is 0 Å². The molecule has 2 aromatic rings. The smallest absolute Gasteiger partial charge is 0.343 e. The van der Waals surface area contributed by atoms with Crippen molar-refractivity contribution < 1.29 is 14.3 Å². The Morgan fingerprint density at radius 2 is 1.91 bits per heavy atom. The number of aromatic nitrogens is 1. The van der Waals surface area contributed by atoms with E-state index in [4.69, 9.17) is 9.47 Å². The van der Waals surface area contributed by atoms with Gasteiger partial charge in [0.1, 0.15) is 11.4 Å². The van der Waals surface area contributed by atoms with E-state index in [0.717, 1.165) is 25.3 Å². The van der Waals surface area contributed by atoms with Crippen LogP contribution in [-0.2, 0) is 17.7 Å². The van der Waals surface area contributed by atoms with Gasteiger partial charge in [-0.15, -0.1) is 0 Å². The third kappa shape index (κ3) is 2.62. The van der Waals surface area contributed by atoms with Crippen molar-refractivity contribution in [2.45, 2.75) is 13.0 Å². The van der Waals surface area contributed by atoms with Gasteiger partial charge in [-0.25, -0.2) is 4.79 Å². The standard InChI is InChI=1S/C17H18N2O3/c1-21-16-14(17(20)22-2)7-8-15(18-16)19-10-9-12-5-3-4-6-13(12)11-19/h3-8H,9-11H2,1-2H3. The molecule has 0 spiro atoms. The molecule has 5 heteroatoms. The number of ether oxygens (including phenoxy) is 2. The molecule has 1 aliphatic rings. The minimum absolute atomic E-state index is 0.295. The Labute approximate surface area is 129 Å². The first kappa shape index (κ1) is 14.4. The maximum atomic E-state index is 11.7. The summed E-state index contributed by atoms with van der Waals surface area (Å²) in [5.74, 6) is 0.655. The van der Waals surface area contributed by atoms with Crippen molar-refractivity contribution in [2.24, 2.45) is 0 Å². The van der Waals surface area contributed by atoms with Gasteiger partial charge < -0.3 is 14.4 Å². The SMILES string of the molecule is COC(=O)c1ccc(N2CCc3ccccc3C2)nc1OC. The van der Waals surface area contributed by atoms with Gasteiger partial charge >= 0.3 is 5.97 Å². The molecule has 0 saturated carbocycles. The van der Waals surface area contributed by atoms with Crippen LogP contribution in [-0.4, -0.2) is 31.7 Å². The molecule has 0 unspecified atom stereocenters. The molecule has 0 atom stereocenters. The van der Waals surface area contributed by atoms with E-state index in [-0.39, 0.29) is 0 Å². The summed E-state index contributed by atoms with van der Waals surface area (Å²) in [6, 6.07) is 12.0. The molecule has 0 aliphatic carbocycles. The second kappa shape index (κ2) is 6.05. The number of methoxy groups -OCH3 is 2. The zero-order valence-electron chi connectivity index (χ0n) is 12.7. The molecule has 0 bridgehead atoms. The van der Waals surface area contributed by atoms with Crippen LogP contribution in [0.15, 0.2) is 36.4 Å². The predicted octanol–water partition coefficient (Wildman–Crippen LogP) is 2.44. The lowest BCUT2D eigenvalue weighted by atomic mass is 10.00. The van der Waals surface area contributed by atoms with E-state index in [1.54, 1.807) is 6.07 Å². The number of hydrogen-bond donors (Lipinski definition) is 0. The third-order valence-electron chi connectivity index (χ3n) is 3.90. The van der Waals surface area contributed by atoms with Gasteiger partial charge in [-0.2, -0.15) is 4.98 Å². The molecule has 1 aromatic carbocycles. The molecule has 0 fully saturated rings. The van der Waals surface area contributed by atoms with Gasteiger partial charge in [-0.3, -0.25) is 0 Å². The highest BCUT2D eigenvalue weighted by Crippen LogP contribution is 2.26. The number of pyridine rings is 1. The van der Waals surface area contributed by atoms with Gasteiger partial charge in [0.15, 0.2) is 0 Å². The van der Waals surface area contributed by atoms with Crippen molar-refractivity contribution in [1.82, 2.24) is 4.98 Å². The van der Waals surface area contributed by atoms with Gasteiger partial charge in [0.2, 0.25) is 5.88 Å². The molecule has 3 rings (SSSR count). The summed E-state index contributed by atoms with van der Waals surface area (Å²) < 4.78 is 9.97. The van der Waals surface area contributed by atoms with Crippen molar-refractivity contribution in [1.29, 1.82) is 0 Å². The van der Waals surface area contributed by atoms with Crippen LogP contribution in [0, 0.1) is 0 Å². The molecule has 0 radical (unpaired) electrons. The van der Waals surface area contributed by atoms with E-state index < -0.39 is 5.97 Å². The fourth-order valence-corrected chi connectivity index (χ4v) is 2.72. The number of fused-ring (bicyclic) bond motifs is 1. The van der Waals surface area contributed by atoms with Crippen molar-refractivity contribution in [2.75, 3.05) is 25.7 Å². The predicted molar refractivity (Wildman–Crippen MR) is 83.3 cm³/mol. The molecule has 0 amide bonds. The van der Waals surface area contributed by atoms with E-state index in [9.17, 15) is 4.79 Å². The van der Waals surface area contributed by atoms with Gasteiger partial charge in [0.05, 0.1) is 14.2 Å². The Bertz CT molecular complexity index is 700. The van der Waals surface area contributed by atoms with Crippen LogP contribution in [0.4, 0.5) is 5.82 Å².